The molecule has 1 aromatic heterocycles. The Hall–Kier alpha value is -2.36. The normalized spacial score (nSPS) is 11.9. The predicted molar refractivity (Wildman–Crippen MR) is 117 cm³/mol. The molecule has 0 aliphatic rings. The molecule has 0 aliphatic heterocycles. The van der Waals surface area contributed by atoms with Crippen molar-refractivity contribution in [1.29, 1.82) is 0 Å². The number of hydrogen-bond acceptors (Lipinski definition) is 5. The summed E-state index contributed by atoms with van der Waals surface area (Å²) in [5, 5.41) is 0.807. The van der Waals surface area contributed by atoms with Crippen molar-refractivity contribution in [3.05, 3.63) is 52.5 Å². The van der Waals surface area contributed by atoms with Crippen LogP contribution in [0.1, 0.15) is 22.3 Å². The van der Waals surface area contributed by atoms with Crippen LogP contribution in [0.15, 0.2) is 36.4 Å². The third-order valence-electron chi connectivity index (χ3n) is 4.57. The van der Waals surface area contributed by atoms with Crippen LogP contribution in [0.3, 0.4) is 0 Å². The molecule has 0 bridgehead atoms. The number of alkyl halides is 3. The van der Waals surface area contributed by atoms with Gasteiger partial charge in [0.05, 0.1) is 22.4 Å². The monoisotopic (exact) mass is 471 g/mol. The van der Waals surface area contributed by atoms with E-state index in [0.29, 0.717) is 39.1 Å². The van der Waals surface area contributed by atoms with Gasteiger partial charge < -0.3 is 9.64 Å². The highest BCUT2D eigenvalue weighted by atomic mass is 35.5. The molecular formula is C21H21ClF3N3O2S. The third-order valence-corrected chi connectivity index (χ3v) is 6.11. The summed E-state index contributed by atoms with van der Waals surface area (Å²) in [6, 6.07) is 7.76. The van der Waals surface area contributed by atoms with Gasteiger partial charge in [-0.25, -0.2) is 4.98 Å². The van der Waals surface area contributed by atoms with E-state index in [-0.39, 0.29) is 12.1 Å². The van der Waals surface area contributed by atoms with Gasteiger partial charge in [-0.2, -0.15) is 13.2 Å². The molecule has 0 spiro atoms. The number of carbonyl (C=O) groups excluding carboxylic acids is 1. The summed E-state index contributed by atoms with van der Waals surface area (Å²) in [6.45, 7) is 0.981. The van der Waals surface area contributed by atoms with Gasteiger partial charge in [0.15, 0.2) is 5.13 Å². The van der Waals surface area contributed by atoms with Gasteiger partial charge >= 0.3 is 6.18 Å². The summed E-state index contributed by atoms with van der Waals surface area (Å²) in [5.41, 5.74) is -0.429. The standard InChI is InChI=1S/C21H21ClF3N3O2S/c1-27(2)10-5-11-28(19(29)13-6-4-7-14(12-13)21(23,24)25)20-26-17-16(30-3)9-8-15(22)18(17)31-20/h4,6-9,12H,5,10-11H2,1-3H3. The van der Waals surface area contributed by atoms with Crippen molar-refractivity contribution in [1.82, 2.24) is 9.88 Å². The van der Waals surface area contributed by atoms with E-state index in [1.54, 1.807) is 12.1 Å². The van der Waals surface area contributed by atoms with Gasteiger partial charge in [0.2, 0.25) is 0 Å². The van der Waals surface area contributed by atoms with E-state index in [9.17, 15) is 18.0 Å². The van der Waals surface area contributed by atoms with Crippen LogP contribution in [0.5, 0.6) is 5.75 Å². The van der Waals surface area contributed by atoms with Crippen LogP contribution in [-0.2, 0) is 6.18 Å². The first-order valence-electron chi connectivity index (χ1n) is 9.38. The molecule has 0 radical (unpaired) electrons. The number of aromatic nitrogens is 1. The first kappa shape index (κ1) is 23.3. The Morgan fingerprint density at radius 1 is 1.19 bits per heavy atom. The van der Waals surface area contributed by atoms with Gasteiger partial charge in [-0.05, 0) is 57.4 Å². The minimum absolute atomic E-state index is 0.0583. The van der Waals surface area contributed by atoms with Crippen LogP contribution in [0.25, 0.3) is 10.2 Å². The van der Waals surface area contributed by atoms with Crippen molar-refractivity contribution in [2.75, 3.05) is 39.2 Å². The number of carbonyl (C=O) groups is 1. The zero-order chi connectivity index (χ0) is 22.8. The Balaban J connectivity index is 2.04. The van der Waals surface area contributed by atoms with E-state index in [0.717, 1.165) is 12.1 Å². The number of thiazole rings is 1. The van der Waals surface area contributed by atoms with Crippen LogP contribution < -0.4 is 9.64 Å². The lowest BCUT2D eigenvalue weighted by atomic mass is 10.1. The number of nitrogens with zero attached hydrogens (tertiary/aromatic N) is 3. The van der Waals surface area contributed by atoms with Crippen molar-refractivity contribution in [3.63, 3.8) is 0 Å². The van der Waals surface area contributed by atoms with E-state index >= 15 is 0 Å². The highest BCUT2D eigenvalue weighted by molar-refractivity contribution is 7.23. The molecule has 0 aliphatic carbocycles. The van der Waals surface area contributed by atoms with Crippen LogP contribution >= 0.6 is 22.9 Å². The molecule has 31 heavy (non-hydrogen) atoms. The number of fused-ring (bicyclic) bond motifs is 1. The smallest absolute Gasteiger partial charge is 0.416 e. The van der Waals surface area contributed by atoms with E-state index in [4.69, 9.17) is 16.3 Å². The number of ether oxygens (including phenoxy) is 1. The van der Waals surface area contributed by atoms with Crippen molar-refractivity contribution in [3.8, 4) is 5.75 Å². The maximum absolute atomic E-state index is 13.3. The predicted octanol–water partition coefficient (Wildman–Crippen LogP) is 5.58. The second-order valence-electron chi connectivity index (χ2n) is 7.12. The van der Waals surface area contributed by atoms with Gasteiger partial charge in [-0.3, -0.25) is 9.69 Å². The molecule has 5 nitrogen and oxygen atoms in total. The zero-order valence-electron chi connectivity index (χ0n) is 17.2. The maximum Gasteiger partial charge on any atom is 0.416 e. The summed E-state index contributed by atoms with van der Waals surface area (Å²) in [5.74, 6) is -0.0549. The Morgan fingerprint density at radius 2 is 1.94 bits per heavy atom. The lowest BCUT2D eigenvalue weighted by molar-refractivity contribution is -0.137. The number of anilines is 1. The highest BCUT2D eigenvalue weighted by Crippen LogP contribution is 2.39. The fourth-order valence-corrected chi connectivity index (χ4v) is 4.32. The van der Waals surface area contributed by atoms with Crippen LogP contribution in [-0.4, -0.2) is 50.1 Å². The summed E-state index contributed by atoms with van der Waals surface area (Å²) in [7, 11) is 5.31. The summed E-state index contributed by atoms with van der Waals surface area (Å²) in [6.07, 6.45) is -3.93. The Kier molecular flexibility index (Phi) is 7.08. The maximum atomic E-state index is 13.3. The lowest BCUT2D eigenvalue weighted by Crippen LogP contribution is -2.33. The summed E-state index contributed by atoms with van der Waals surface area (Å²) >= 11 is 7.50. The Labute approximate surface area is 187 Å². The summed E-state index contributed by atoms with van der Waals surface area (Å²) in [4.78, 5) is 21.2. The molecule has 3 rings (SSSR count). The number of methoxy groups -OCH3 is 1. The van der Waals surface area contributed by atoms with E-state index < -0.39 is 17.6 Å². The van der Waals surface area contributed by atoms with Crippen molar-refractivity contribution >= 4 is 44.2 Å². The number of rotatable bonds is 7. The van der Waals surface area contributed by atoms with E-state index in [2.05, 4.69) is 4.98 Å². The van der Waals surface area contributed by atoms with Crippen LogP contribution in [0.4, 0.5) is 18.3 Å². The quantitative estimate of drug-likeness (QED) is 0.451. The van der Waals surface area contributed by atoms with Crippen LogP contribution in [0.2, 0.25) is 5.02 Å². The van der Waals surface area contributed by atoms with E-state index in [1.807, 2.05) is 19.0 Å². The van der Waals surface area contributed by atoms with Crippen molar-refractivity contribution < 1.29 is 22.7 Å². The summed E-state index contributed by atoms with van der Waals surface area (Å²) < 4.78 is 45.4. The molecule has 0 saturated heterocycles. The SMILES string of the molecule is COc1ccc(Cl)c2sc(N(CCCN(C)C)C(=O)c3cccc(C(F)(F)F)c3)nc12. The third kappa shape index (κ3) is 5.28. The first-order chi connectivity index (χ1) is 14.6. The molecule has 10 heteroatoms. The molecule has 1 heterocycles. The molecule has 3 aromatic rings. The first-order valence-corrected chi connectivity index (χ1v) is 10.6. The van der Waals surface area contributed by atoms with Gasteiger partial charge in [-0.1, -0.05) is 29.0 Å². The molecule has 0 unspecified atom stereocenters. The minimum Gasteiger partial charge on any atom is -0.494 e. The molecule has 0 fully saturated rings. The topological polar surface area (TPSA) is 45.7 Å². The average Bonchev–Trinajstić information content (AvgIpc) is 3.16. The second-order valence-corrected chi connectivity index (χ2v) is 8.50. The average molecular weight is 472 g/mol. The van der Waals surface area contributed by atoms with Gasteiger partial charge in [0, 0.05) is 12.1 Å². The molecule has 166 valence electrons. The second kappa shape index (κ2) is 9.42. The highest BCUT2D eigenvalue weighted by Gasteiger charge is 2.32. The molecule has 2 aromatic carbocycles. The fourth-order valence-electron chi connectivity index (χ4n) is 3.03. The largest absolute Gasteiger partial charge is 0.494 e. The molecular weight excluding hydrogens is 451 g/mol. The molecule has 1 amide bonds. The van der Waals surface area contributed by atoms with Crippen molar-refractivity contribution in [2.45, 2.75) is 12.6 Å². The van der Waals surface area contributed by atoms with Gasteiger partial charge in [-0.15, -0.1) is 0 Å². The fraction of sp³-hybridized carbons (Fsp3) is 0.333. The van der Waals surface area contributed by atoms with Gasteiger partial charge in [0.25, 0.3) is 5.91 Å². The number of hydrogen-bond donors (Lipinski definition) is 0. The number of halogens is 4. The molecule has 0 N–H and O–H groups in total. The molecule has 0 saturated carbocycles. The molecule has 0 atom stereocenters. The van der Waals surface area contributed by atoms with E-state index in [1.165, 1.54) is 35.5 Å². The van der Waals surface area contributed by atoms with Crippen molar-refractivity contribution in [2.24, 2.45) is 0 Å². The number of benzene rings is 2. The van der Waals surface area contributed by atoms with Crippen LogP contribution in [0, 0.1) is 0 Å². The Bertz CT molecular complexity index is 1090. The lowest BCUT2D eigenvalue weighted by Gasteiger charge is -2.21. The number of amides is 1. The zero-order valence-corrected chi connectivity index (χ0v) is 18.7. The Morgan fingerprint density at radius 3 is 2.58 bits per heavy atom. The van der Waals surface area contributed by atoms with Gasteiger partial charge in [0.1, 0.15) is 11.3 Å². The minimum atomic E-state index is -4.54.